The van der Waals surface area contributed by atoms with E-state index in [0.717, 1.165) is 0 Å². The first kappa shape index (κ1) is 14.6. The highest BCUT2D eigenvalue weighted by Crippen LogP contribution is 2.34. The number of rotatable bonds is 4. The van der Waals surface area contributed by atoms with Crippen LogP contribution < -0.4 is 10.1 Å². The van der Waals surface area contributed by atoms with E-state index in [9.17, 15) is 9.50 Å². The molecule has 20 heavy (non-hydrogen) atoms. The smallest absolute Gasteiger partial charge is 0.142 e. The van der Waals surface area contributed by atoms with Gasteiger partial charge in [0, 0.05) is 23.7 Å². The zero-order valence-corrected chi connectivity index (χ0v) is 12.0. The van der Waals surface area contributed by atoms with Crippen LogP contribution in [0.1, 0.15) is 11.1 Å². The Hall–Kier alpha value is -1.78. The van der Waals surface area contributed by atoms with Gasteiger partial charge < -0.3 is 15.2 Å². The molecule has 0 saturated heterocycles. The zero-order chi connectivity index (χ0) is 14.7. The van der Waals surface area contributed by atoms with Gasteiger partial charge >= 0.3 is 0 Å². The molecule has 0 fully saturated rings. The third-order valence-electron chi connectivity index (χ3n) is 2.95. The van der Waals surface area contributed by atoms with Gasteiger partial charge in [0.25, 0.3) is 0 Å². The number of nitrogens with one attached hydrogen (secondary N) is 1. The van der Waals surface area contributed by atoms with Gasteiger partial charge in [0.2, 0.25) is 0 Å². The van der Waals surface area contributed by atoms with Crippen LogP contribution in [-0.2, 0) is 6.54 Å². The predicted octanol–water partition coefficient (Wildman–Crippen LogP) is 4.00. The van der Waals surface area contributed by atoms with Gasteiger partial charge in [-0.2, -0.15) is 0 Å². The lowest BCUT2D eigenvalue weighted by atomic mass is 10.1. The molecule has 0 aliphatic carbocycles. The van der Waals surface area contributed by atoms with Gasteiger partial charge in [-0.25, -0.2) is 4.39 Å². The highest BCUT2D eigenvalue weighted by molar-refractivity contribution is 6.30. The highest BCUT2D eigenvalue weighted by atomic mass is 35.5. The maximum Gasteiger partial charge on any atom is 0.142 e. The summed E-state index contributed by atoms with van der Waals surface area (Å²) in [5.41, 5.74) is 1.26. The topological polar surface area (TPSA) is 41.5 Å². The van der Waals surface area contributed by atoms with Crippen LogP contribution in [0, 0.1) is 12.7 Å². The molecule has 0 amide bonds. The number of ether oxygens (including phenoxy) is 1. The van der Waals surface area contributed by atoms with Crippen molar-refractivity contribution in [3.63, 3.8) is 0 Å². The first-order chi connectivity index (χ1) is 9.52. The summed E-state index contributed by atoms with van der Waals surface area (Å²) in [6.45, 7) is 2.19. The van der Waals surface area contributed by atoms with Crippen molar-refractivity contribution in [3.8, 4) is 17.2 Å². The van der Waals surface area contributed by atoms with Crippen LogP contribution in [0.5, 0.6) is 17.2 Å². The van der Waals surface area contributed by atoms with Crippen molar-refractivity contribution in [2.75, 3.05) is 7.05 Å². The van der Waals surface area contributed by atoms with Gasteiger partial charge in [0.1, 0.15) is 23.1 Å². The van der Waals surface area contributed by atoms with Gasteiger partial charge in [0.15, 0.2) is 0 Å². The molecule has 2 rings (SSSR count). The fourth-order valence-corrected chi connectivity index (χ4v) is 1.98. The highest BCUT2D eigenvalue weighted by Gasteiger charge is 2.12. The number of hydrogen-bond donors (Lipinski definition) is 2. The molecule has 0 aliphatic heterocycles. The number of halogens is 2. The monoisotopic (exact) mass is 295 g/mol. The van der Waals surface area contributed by atoms with Gasteiger partial charge in [-0.3, -0.25) is 0 Å². The van der Waals surface area contributed by atoms with E-state index in [1.54, 1.807) is 32.2 Å². The third kappa shape index (κ3) is 3.03. The molecule has 0 atom stereocenters. The molecule has 0 radical (unpaired) electrons. The maximum atomic E-state index is 13.5. The van der Waals surface area contributed by atoms with Crippen LogP contribution in [-0.4, -0.2) is 12.2 Å². The summed E-state index contributed by atoms with van der Waals surface area (Å²) < 4.78 is 19.3. The Morgan fingerprint density at radius 2 is 2.05 bits per heavy atom. The Labute approximate surface area is 122 Å². The van der Waals surface area contributed by atoms with Crippen molar-refractivity contribution >= 4 is 11.6 Å². The Balaban J connectivity index is 2.42. The van der Waals surface area contributed by atoms with Crippen molar-refractivity contribution in [1.82, 2.24) is 5.32 Å². The number of phenolic OH excluding ortho intramolecular Hbond substituents is 1. The minimum Gasteiger partial charge on any atom is -0.508 e. The van der Waals surface area contributed by atoms with Crippen LogP contribution in [0.3, 0.4) is 0 Å². The summed E-state index contributed by atoms with van der Waals surface area (Å²) in [4.78, 5) is 0. The molecule has 106 valence electrons. The van der Waals surface area contributed by atoms with E-state index in [1.165, 1.54) is 12.1 Å². The normalized spacial score (nSPS) is 10.6. The van der Waals surface area contributed by atoms with E-state index in [1.807, 2.05) is 0 Å². The second kappa shape index (κ2) is 6.11. The average Bonchev–Trinajstić information content (AvgIpc) is 2.41. The third-order valence-corrected chi connectivity index (χ3v) is 3.24. The number of benzene rings is 2. The van der Waals surface area contributed by atoms with Crippen LogP contribution in [0.4, 0.5) is 4.39 Å². The van der Waals surface area contributed by atoms with Crippen molar-refractivity contribution in [1.29, 1.82) is 0 Å². The first-order valence-electron chi connectivity index (χ1n) is 6.12. The maximum absolute atomic E-state index is 13.5. The summed E-state index contributed by atoms with van der Waals surface area (Å²) in [6.07, 6.45) is 0. The largest absolute Gasteiger partial charge is 0.508 e. The zero-order valence-electron chi connectivity index (χ0n) is 11.2. The molecule has 0 aromatic heterocycles. The molecule has 2 aromatic carbocycles. The summed E-state index contributed by atoms with van der Waals surface area (Å²) >= 11 is 5.80. The Bertz CT molecular complexity index is 632. The van der Waals surface area contributed by atoms with Crippen LogP contribution >= 0.6 is 11.6 Å². The second-order valence-corrected chi connectivity index (χ2v) is 4.81. The minimum atomic E-state index is -0.489. The van der Waals surface area contributed by atoms with Gasteiger partial charge in [0.05, 0.1) is 5.02 Å². The molecule has 0 aliphatic rings. The van der Waals surface area contributed by atoms with Crippen LogP contribution in [0.15, 0.2) is 30.3 Å². The molecule has 3 nitrogen and oxygen atoms in total. The summed E-state index contributed by atoms with van der Waals surface area (Å²) in [5.74, 6) is 0.618. The van der Waals surface area contributed by atoms with Crippen molar-refractivity contribution < 1.29 is 14.2 Å². The standard InChI is InChI=1S/C15H15ClFNO2/c1-9-13(19)4-3-5-14(9)20-15-7-11(16)12(17)6-10(15)8-18-2/h3-7,18-19H,8H2,1-2H3. The molecule has 0 bridgehead atoms. The van der Waals surface area contributed by atoms with Crippen LogP contribution in [0.2, 0.25) is 5.02 Å². The van der Waals surface area contributed by atoms with Gasteiger partial charge in [-0.1, -0.05) is 17.7 Å². The Morgan fingerprint density at radius 1 is 1.30 bits per heavy atom. The Morgan fingerprint density at radius 3 is 2.75 bits per heavy atom. The van der Waals surface area contributed by atoms with Crippen LogP contribution in [0.25, 0.3) is 0 Å². The predicted molar refractivity (Wildman–Crippen MR) is 77.1 cm³/mol. The molecular weight excluding hydrogens is 281 g/mol. The second-order valence-electron chi connectivity index (χ2n) is 4.41. The fraction of sp³-hybridized carbons (Fsp3) is 0.200. The van der Waals surface area contributed by atoms with E-state index in [-0.39, 0.29) is 10.8 Å². The number of aromatic hydroxyl groups is 1. The summed E-state index contributed by atoms with van der Waals surface area (Å²) in [5, 5.41) is 12.6. The SMILES string of the molecule is CNCc1cc(F)c(Cl)cc1Oc1cccc(O)c1C. The number of hydrogen-bond acceptors (Lipinski definition) is 3. The van der Waals surface area contributed by atoms with E-state index in [2.05, 4.69) is 5.32 Å². The quantitative estimate of drug-likeness (QED) is 0.895. The van der Waals surface area contributed by atoms with Crippen molar-refractivity contribution in [2.45, 2.75) is 13.5 Å². The first-order valence-corrected chi connectivity index (χ1v) is 6.49. The fourth-order valence-electron chi connectivity index (χ4n) is 1.83. The van der Waals surface area contributed by atoms with Gasteiger partial charge in [-0.15, -0.1) is 0 Å². The van der Waals surface area contributed by atoms with E-state index < -0.39 is 5.82 Å². The Kier molecular flexibility index (Phi) is 4.47. The molecule has 2 N–H and O–H groups in total. The molecular formula is C15H15ClFNO2. The molecule has 5 heteroatoms. The average molecular weight is 296 g/mol. The molecule has 2 aromatic rings. The van der Waals surface area contributed by atoms with Crippen molar-refractivity contribution in [2.24, 2.45) is 0 Å². The lowest BCUT2D eigenvalue weighted by Gasteiger charge is -2.14. The molecule has 0 spiro atoms. The molecule has 0 saturated carbocycles. The van der Waals surface area contributed by atoms with Gasteiger partial charge in [-0.05, 0) is 32.2 Å². The van der Waals surface area contributed by atoms with E-state index in [4.69, 9.17) is 16.3 Å². The molecule has 0 heterocycles. The number of phenols is 1. The van der Waals surface area contributed by atoms with Crippen molar-refractivity contribution in [3.05, 3.63) is 52.3 Å². The van der Waals surface area contributed by atoms with E-state index >= 15 is 0 Å². The lowest BCUT2D eigenvalue weighted by Crippen LogP contribution is -2.07. The summed E-state index contributed by atoms with van der Waals surface area (Å²) in [7, 11) is 1.76. The lowest BCUT2D eigenvalue weighted by molar-refractivity contribution is 0.444. The molecule has 0 unspecified atom stereocenters. The minimum absolute atomic E-state index is 0.00217. The summed E-state index contributed by atoms with van der Waals surface area (Å²) in [6, 6.07) is 7.77. The van der Waals surface area contributed by atoms with E-state index in [0.29, 0.717) is 29.2 Å².